The lowest BCUT2D eigenvalue weighted by Crippen LogP contribution is -2.47. The third kappa shape index (κ3) is 5.38. The van der Waals surface area contributed by atoms with E-state index < -0.39 is 12.0 Å². The van der Waals surface area contributed by atoms with Crippen molar-refractivity contribution in [2.45, 2.75) is 46.1 Å². The number of carbonyl (C=O) groups excluding carboxylic acids is 1. The van der Waals surface area contributed by atoms with Gasteiger partial charge in [-0.3, -0.25) is 0 Å². The lowest BCUT2D eigenvalue weighted by Gasteiger charge is -2.18. The minimum absolute atomic E-state index is 0.233. The molecule has 18 heavy (non-hydrogen) atoms. The van der Waals surface area contributed by atoms with Crippen LogP contribution in [0.25, 0.3) is 0 Å². The molecule has 0 spiro atoms. The van der Waals surface area contributed by atoms with Crippen molar-refractivity contribution in [3.63, 3.8) is 0 Å². The predicted octanol–water partition coefficient (Wildman–Crippen LogP) is 1.83. The van der Waals surface area contributed by atoms with Crippen LogP contribution >= 0.6 is 0 Å². The molecule has 0 aromatic carbocycles. The second-order valence-electron chi connectivity index (χ2n) is 5.69. The highest BCUT2D eigenvalue weighted by molar-refractivity contribution is 5.82. The van der Waals surface area contributed by atoms with Crippen molar-refractivity contribution in [3.8, 4) is 0 Å². The molecular formula is C13H24N2O3. The highest BCUT2D eigenvalue weighted by atomic mass is 16.4. The molecule has 1 rings (SSSR count). The molecule has 0 saturated heterocycles. The van der Waals surface area contributed by atoms with Crippen LogP contribution < -0.4 is 10.6 Å². The first kappa shape index (κ1) is 14.8. The molecule has 1 fully saturated rings. The number of aliphatic carboxylic acids is 1. The average molecular weight is 256 g/mol. The monoisotopic (exact) mass is 256 g/mol. The molecule has 1 saturated carbocycles. The number of carboxylic acid groups (broad SMARTS) is 1. The van der Waals surface area contributed by atoms with Gasteiger partial charge in [-0.15, -0.1) is 0 Å². The van der Waals surface area contributed by atoms with Crippen LogP contribution in [0.4, 0.5) is 4.79 Å². The average Bonchev–Trinajstić information content (AvgIpc) is 3.07. The zero-order valence-electron chi connectivity index (χ0n) is 11.4. The Morgan fingerprint density at radius 2 is 1.89 bits per heavy atom. The molecule has 1 aliphatic rings. The van der Waals surface area contributed by atoms with Gasteiger partial charge < -0.3 is 15.7 Å². The molecule has 0 radical (unpaired) electrons. The van der Waals surface area contributed by atoms with Gasteiger partial charge in [-0.2, -0.15) is 0 Å². The molecule has 2 atom stereocenters. The van der Waals surface area contributed by atoms with E-state index in [1.54, 1.807) is 0 Å². The van der Waals surface area contributed by atoms with E-state index in [0.717, 1.165) is 5.92 Å². The van der Waals surface area contributed by atoms with Crippen molar-refractivity contribution in [2.24, 2.45) is 17.8 Å². The van der Waals surface area contributed by atoms with E-state index in [4.69, 9.17) is 5.11 Å². The first-order chi connectivity index (χ1) is 8.40. The van der Waals surface area contributed by atoms with Crippen LogP contribution in [-0.4, -0.2) is 29.7 Å². The van der Waals surface area contributed by atoms with E-state index in [1.807, 2.05) is 13.8 Å². The van der Waals surface area contributed by atoms with Gasteiger partial charge in [0.05, 0.1) is 0 Å². The van der Waals surface area contributed by atoms with Crippen molar-refractivity contribution in [2.75, 3.05) is 6.54 Å². The van der Waals surface area contributed by atoms with Gasteiger partial charge in [-0.05, 0) is 37.0 Å². The molecule has 5 heteroatoms. The molecule has 5 nitrogen and oxygen atoms in total. The van der Waals surface area contributed by atoms with Crippen LogP contribution in [0.5, 0.6) is 0 Å². The van der Waals surface area contributed by atoms with Crippen LogP contribution in [0.1, 0.15) is 40.0 Å². The predicted molar refractivity (Wildman–Crippen MR) is 69.3 cm³/mol. The van der Waals surface area contributed by atoms with Crippen LogP contribution in [-0.2, 0) is 4.79 Å². The minimum Gasteiger partial charge on any atom is -0.480 e. The molecule has 0 heterocycles. The van der Waals surface area contributed by atoms with Crippen molar-refractivity contribution in [3.05, 3.63) is 0 Å². The summed E-state index contributed by atoms with van der Waals surface area (Å²) in [7, 11) is 0. The zero-order valence-corrected chi connectivity index (χ0v) is 11.4. The quantitative estimate of drug-likeness (QED) is 0.650. The lowest BCUT2D eigenvalue weighted by molar-refractivity contribution is -0.139. The Balaban J connectivity index is 2.28. The number of urea groups is 1. The molecule has 3 N–H and O–H groups in total. The summed E-state index contributed by atoms with van der Waals surface area (Å²) in [4.78, 5) is 22.6. The minimum atomic E-state index is -0.978. The summed E-state index contributed by atoms with van der Waals surface area (Å²) in [5.41, 5.74) is 0. The Morgan fingerprint density at radius 3 is 2.33 bits per heavy atom. The lowest BCUT2D eigenvalue weighted by atomic mass is 10.0. The van der Waals surface area contributed by atoms with E-state index in [0.29, 0.717) is 18.9 Å². The fraction of sp³-hybridized carbons (Fsp3) is 0.846. The molecule has 0 aromatic rings. The number of amides is 2. The second kappa shape index (κ2) is 6.61. The molecule has 104 valence electrons. The molecule has 1 unspecified atom stereocenters. The van der Waals surface area contributed by atoms with Gasteiger partial charge in [0.2, 0.25) is 0 Å². The normalized spacial score (nSPS) is 18.2. The molecule has 2 amide bonds. The fourth-order valence-corrected chi connectivity index (χ4v) is 1.99. The molecular weight excluding hydrogens is 232 g/mol. The Morgan fingerprint density at radius 1 is 1.28 bits per heavy atom. The number of hydrogen-bond acceptors (Lipinski definition) is 2. The summed E-state index contributed by atoms with van der Waals surface area (Å²) in [6, 6.07) is -1.18. The number of carbonyl (C=O) groups is 2. The number of nitrogens with one attached hydrogen (secondary N) is 2. The van der Waals surface area contributed by atoms with Gasteiger partial charge in [-0.1, -0.05) is 20.8 Å². The maximum Gasteiger partial charge on any atom is 0.326 e. The SMILES string of the molecule is CC(C)C[C@H](NC(=O)NCC(C)C1CC1)C(=O)O. The van der Waals surface area contributed by atoms with E-state index in [2.05, 4.69) is 17.6 Å². The smallest absolute Gasteiger partial charge is 0.326 e. The summed E-state index contributed by atoms with van der Waals surface area (Å²) < 4.78 is 0. The van der Waals surface area contributed by atoms with Gasteiger partial charge in [0.15, 0.2) is 0 Å². The van der Waals surface area contributed by atoms with Crippen LogP contribution in [0.2, 0.25) is 0 Å². The zero-order chi connectivity index (χ0) is 13.7. The Hall–Kier alpha value is -1.26. The third-order valence-corrected chi connectivity index (χ3v) is 3.32. The fourth-order valence-electron chi connectivity index (χ4n) is 1.99. The molecule has 0 aromatic heterocycles. The second-order valence-corrected chi connectivity index (χ2v) is 5.69. The largest absolute Gasteiger partial charge is 0.480 e. The summed E-state index contributed by atoms with van der Waals surface area (Å²) in [5, 5.41) is 14.3. The van der Waals surface area contributed by atoms with E-state index >= 15 is 0 Å². The van der Waals surface area contributed by atoms with Crippen molar-refractivity contribution >= 4 is 12.0 Å². The summed E-state index contributed by atoms with van der Waals surface area (Å²) in [6.45, 7) is 6.60. The van der Waals surface area contributed by atoms with Gasteiger partial charge in [0.1, 0.15) is 6.04 Å². The highest BCUT2D eigenvalue weighted by Crippen LogP contribution is 2.35. The first-order valence-corrected chi connectivity index (χ1v) is 6.67. The van der Waals surface area contributed by atoms with Gasteiger partial charge in [0.25, 0.3) is 0 Å². The highest BCUT2D eigenvalue weighted by Gasteiger charge is 2.28. The van der Waals surface area contributed by atoms with Gasteiger partial charge >= 0.3 is 12.0 Å². The van der Waals surface area contributed by atoms with Gasteiger partial charge in [0, 0.05) is 6.54 Å². The van der Waals surface area contributed by atoms with Gasteiger partial charge in [-0.25, -0.2) is 9.59 Å². The van der Waals surface area contributed by atoms with Crippen molar-refractivity contribution in [1.82, 2.24) is 10.6 Å². The topological polar surface area (TPSA) is 78.4 Å². The first-order valence-electron chi connectivity index (χ1n) is 6.67. The molecule has 1 aliphatic carbocycles. The summed E-state index contributed by atoms with van der Waals surface area (Å²) in [5.74, 6) is 0.464. The Bertz CT molecular complexity index is 301. The van der Waals surface area contributed by atoms with Crippen molar-refractivity contribution < 1.29 is 14.7 Å². The molecule has 0 bridgehead atoms. The van der Waals surface area contributed by atoms with Crippen molar-refractivity contribution in [1.29, 1.82) is 0 Å². The standard InChI is InChI=1S/C13H24N2O3/c1-8(2)6-11(12(16)17)15-13(18)14-7-9(3)10-4-5-10/h8-11H,4-7H2,1-3H3,(H,16,17)(H2,14,15,18)/t9?,11-/m0/s1. The van der Waals surface area contributed by atoms with Crippen LogP contribution in [0.3, 0.4) is 0 Å². The van der Waals surface area contributed by atoms with E-state index in [9.17, 15) is 9.59 Å². The van der Waals surface area contributed by atoms with E-state index in [-0.39, 0.29) is 11.9 Å². The number of carboxylic acids is 1. The third-order valence-electron chi connectivity index (χ3n) is 3.32. The number of rotatable bonds is 7. The molecule has 0 aliphatic heterocycles. The number of hydrogen-bond donors (Lipinski definition) is 3. The Kier molecular flexibility index (Phi) is 5.44. The van der Waals surface area contributed by atoms with Crippen LogP contribution in [0, 0.1) is 17.8 Å². The maximum absolute atomic E-state index is 11.6. The summed E-state index contributed by atoms with van der Waals surface area (Å²) in [6.07, 6.45) is 2.94. The van der Waals surface area contributed by atoms with Crippen LogP contribution in [0.15, 0.2) is 0 Å². The Labute approximate surface area is 108 Å². The summed E-state index contributed by atoms with van der Waals surface area (Å²) >= 11 is 0. The van der Waals surface area contributed by atoms with E-state index in [1.165, 1.54) is 12.8 Å². The maximum atomic E-state index is 11.6.